The maximum atomic E-state index is 12.8. The summed E-state index contributed by atoms with van der Waals surface area (Å²) >= 11 is 1.41. The first-order valence-electron chi connectivity index (χ1n) is 8.79. The van der Waals surface area contributed by atoms with Gasteiger partial charge in [0.1, 0.15) is 6.61 Å². The van der Waals surface area contributed by atoms with E-state index in [-0.39, 0.29) is 17.6 Å². The van der Waals surface area contributed by atoms with Crippen LogP contribution in [0.25, 0.3) is 0 Å². The van der Waals surface area contributed by atoms with Crippen molar-refractivity contribution >= 4 is 26.0 Å². The standard InChI is InChI=1S/C21H28O3SSi/c1-21(2,3)26(4,5)24-20(25-18-14-10-7-11-15-18)19(22)23-16-17-12-8-6-9-13-17/h6-15,20H,16H2,1-5H3. The van der Waals surface area contributed by atoms with E-state index in [1.165, 1.54) is 11.8 Å². The predicted octanol–water partition coefficient (Wildman–Crippen LogP) is 5.87. The third kappa shape index (κ3) is 6.00. The van der Waals surface area contributed by atoms with E-state index < -0.39 is 13.8 Å². The molecule has 2 aromatic carbocycles. The molecule has 2 rings (SSSR count). The number of hydrogen-bond donors (Lipinski definition) is 0. The smallest absolute Gasteiger partial charge is 0.345 e. The molecule has 0 saturated carbocycles. The first-order chi connectivity index (χ1) is 12.2. The van der Waals surface area contributed by atoms with Gasteiger partial charge in [-0.3, -0.25) is 0 Å². The van der Waals surface area contributed by atoms with Gasteiger partial charge in [0, 0.05) is 4.90 Å². The van der Waals surface area contributed by atoms with Gasteiger partial charge < -0.3 is 9.16 Å². The van der Waals surface area contributed by atoms with E-state index >= 15 is 0 Å². The van der Waals surface area contributed by atoms with Crippen LogP contribution in [0.3, 0.4) is 0 Å². The Balaban J connectivity index is 2.12. The largest absolute Gasteiger partial charge is 0.458 e. The van der Waals surface area contributed by atoms with Crippen LogP contribution in [-0.4, -0.2) is 19.7 Å². The van der Waals surface area contributed by atoms with Gasteiger partial charge in [0.05, 0.1) is 0 Å². The van der Waals surface area contributed by atoms with Crippen molar-refractivity contribution < 1.29 is 14.0 Å². The summed E-state index contributed by atoms with van der Waals surface area (Å²) in [5.74, 6) is -0.326. The zero-order valence-corrected chi connectivity index (χ0v) is 18.0. The first-order valence-corrected chi connectivity index (χ1v) is 12.6. The van der Waals surface area contributed by atoms with Crippen LogP contribution < -0.4 is 0 Å². The van der Waals surface area contributed by atoms with Crippen LogP contribution >= 0.6 is 11.8 Å². The average Bonchev–Trinajstić information content (AvgIpc) is 2.60. The Hall–Kier alpha value is -1.56. The highest BCUT2D eigenvalue weighted by molar-refractivity contribution is 8.00. The molecule has 0 N–H and O–H groups in total. The second kappa shape index (κ2) is 8.89. The number of ether oxygens (including phenoxy) is 1. The number of carbonyl (C=O) groups excluding carboxylic acids is 1. The number of rotatable bonds is 7. The van der Waals surface area contributed by atoms with Gasteiger partial charge in [0.2, 0.25) is 0 Å². The van der Waals surface area contributed by atoms with E-state index in [0.717, 1.165) is 10.5 Å². The van der Waals surface area contributed by atoms with Crippen LogP contribution in [0, 0.1) is 0 Å². The van der Waals surface area contributed by atoms with E-state index in [9.17, 15) is 4.79 Å². The van der Waals surface area contributed by atoms with Crippen molar-refractivity contribution in [2.24, 2.45) is 0 Å². The maximum Gasteiger partial charge on any atom is 0.345 e. The van der Waals surface area contributed by atoms with Gasteiger partial charge in [0.15, 0.2) is 13.8 Å². The first kappa shape index (κ1) is 20.7. The number of benzene rings is 2. The van der Waals surface area contributed by atoms with Crippen LogP contribution in [0.4, 0.5) is 0 Å². The van der Waals surface area contributed by atoms with Crippen LogP contribution in [0.5, 0.6) is 0 Å². The summed E-state index contributed by atoms with van der Waals surface area (Å²) in [6.45, 7) is 11.1. The summed E-state index contributed by atoms with van der Waals surface area (Å²) in [6, 6.07) is 19.6. The zero-order valence-electron chi connectivity index (χ0n) is 16.2. The Bertz CT molecular complexity index is 696. The van der Waals surface area contributed by atoms with Gasteiger partial charge in [-0.1, -0.05) is 81.1 Å². The highest BCUT2D eigenvalue weighted by Crippen LogP contribution is 2.39. The molecule has 0 aliphatic carbocycles. The van der Waals surface area contributed by atoms with Gasteiger partial charge in [-0.2, -0.15) is 0 Å². The molecular weight excluding hydrogens is 360 g/mol. The fourth-order valence-corrected chi connectivity index (χ4v) is 4.61. The Kier molecular flexibility index (Phi) is 7.09. The van der Waals surface area contributed by atoms with Gasteiger partial charge in [-0.25, -0.2) is 4.79 Å². The molecule has 0 spiro atoms. The summed E-state index contributed by atoms with van der Waals surface area (Å²) < 4.78 is 11.9. The monoisotopic (exact) mass is 388 g/mol. The molecule has 0 fully saturated rings. The second-order valence-electron chi connectivity index (χ2n) is 7.73. The normalized spacial score (nSPS) is 13.3. The summed E-state index contributed by atoms with van der Waals surface area (Å²) in [7, 11) is -2.11. The van der Waals surface area contributed by atoms with E-state index in [4.69, 9.17) is 9.16 Å². The maximum absolute atomic E-state index is 12.8. The molecule has 0 aliphatic rings. The molecule has 0 radical (unpaired) electrons. The molecule has 2 aromatic rings. The highest BCUT2D eigenvalue weighted by atomic mass is 32.2. The van der Waals surface area contributed by atoms with Crippen LogP contribution in [0.1, 0.15) is 26.3 Å². The van der Waals surface area contributed by atoms with Gasteiger partial charge in [-0.05, 0) is 35.8 Å². The summed E-state index contributed by atoms with van der Waals surface area (Å²) in [6.07, 6.45) is 0. The minimum absolute atomic E-state index is 0.0161. The van der Waals surface area contributed by atoms with Crippen molar-refractivity contribution in [2.75, 3.05) is 0 Å². The van der Waals surface area contributed by atoms with E-state index in [1.807, 2.05) is 60.7 Å². The molecular formula is C21H28O3SSi. The van der Waals surface area contributed by atoms with Gasteiger partial charge in [-0.15, -0.1) is 0 Å². The molecule has 0 heterocycles. The lowest BCUT2D eigenvalue weighted by molar-refractivity contribution is -0.149. The van der Waals surface area contributed by atoms with E-state index in [2.05, 4.69) is 33.9 Å². The molecule has 1 unspecified atom stereocenters. The topological polar surface area (TPSA) is 35.5 Å². The van der Waals surface area contributed by atoms with Crippen molar-refractivity contribution in [3.63, 3.8) is 0 Å². The molecule has 0 saturated heterocycles. The third-order valence-electron chi connectivity index (χ3n) is 4.61. The molecule has 0 amide bonds. The third-order valence-corrected chi connectivity index (χ3v) is 10.3. The predicted molar refractivity (Wildman–Crippen MR) is 111 cm³/mol. The fraction of sp³-hybridized carbons (Fsp3) is 0.381. The minimum atomic E-state index is -2.11. The molecule has 0 bridgehead atoms. The van der Waals surface area contributed by atoms with Gasteiger partial charge >= 0.3 is 5.97 Å². The Morgan fingerprint density at radius 1 is 1.00 bits per heavy atom. The Morgan fingerprint density at radius 2 is 1.54 bits per heavy atom. The number of carbonyl (C=O) groups is 1. The number of hydrogen-bond acceptors (Lipinski definition) is 4. The van der Waals surface area contributed by atoms with Crippen molar-refractivity contribution in [1.82, 2.24) is 0 Å². The summed E-state index contributed by atoms with van der Waals surface area (Å²) in [5, 5.41) is 0.0161. The fourth-order valence-electron chi connectivity index (χ4n) is 1.98. The van der Waals surface area contributed by atoms with Crippen LogP contribution in [-0.2, 0) is 20.6 Å². The summed E-state index contributed by atoms with van der Waals surface area (Å²) in [5.41, 5.74) is 0.304. The Labute approximate surface area is 162 Å². The Morgan fingerprint density at radius 3 is 2.08 bits per heavy atom. The van der Waals surface area contributed by atoms with Crippen LogP contribution in [0.15, 0.2) is 65.6 Å². The molecule has 5 heteroatoms. The summed E-state index contributed by atoms with van der Waals surface area (Å²) in [4.78, 5) is 13.8. The molecule has 140 valence electrons. The lowest BCUT2D eigenvalue weighted by Crippen LogP contribution is -2.45. The molecule has 3 nitrogen and oxygen atoms in total. The number of esters is 1. The van der Waals surface area contributed by atoms with Crippen molar-refractivity contribution in [2.45, 2.75) is 55.8 Å². The molecule has 0 aliphatic heterocycles. The molecule has 1 atom stereocenters. The SMILES string of the molecule is CC(C)(C)[Si](C)(C)OC(Sc1ccccc1)C(=O)OCc1ccccc1. The van der Waals surface area contributed by atoms with Crippen LogP contribution in [0.2, 0.25) is 18.1 Å². The highest BCUT2D eigenvalue weighted by Gasteiger charge is 2.41. The zero-order chi connectivity index (χ0) is 19.2. The lowest BCUT2D eigenvalue weighted by atomic mass is 10.2. The lowest BCUT2D eigenvalue weighted by Gasteiger charge is -2.38. The average molecular weight is 389 g/mol. The van der Waals surface area contributed by atoms with E-state index in [0.29, 0.717) is 0 Å². The second-order valence-corrected chi connectivity index (χ2v) is 13.6. The van der Waals surface area contributed by atoms with Crippen molar-refractivity contribution in [1.29, 1.82) is 0 Å². The van der Waals surface area contributed by atoms with Crippen molar-refractivity contribution in [3.8, 4) is 0 Å². The van der Waals surface area contributed by atoms with E-state index in [1.54, 1.807) is 0 Å². The minimum Gasteiger partial charge on any atom is -0.458 e. The molecule has 0 aromatic heterocycles. The number of thioether (sulfide) groups is 1. The molecule has 26 heavy (non-hydrogen) atoms. The quantitative estimate of drug-likeness (QED) is 0.257. The van der Waals surface area contributed by atoms with Crippen molar-refractivity contribution in [3.05, 3.63) is 66.2 Å². The van der Waals surface area contributed by atoms with Gasteiger partial charge in [0.25, 0.3) is 0 Å².